The molecule has 0 radical (unpaired) electrons. The maximum absolute atomic E-state index is 13.1. The van der Waals surface area contributed by atoms with E-state index in [0.29, 0.717) is 22.8 Å². The van der Waals surface area contributed by atoms with Crippen LogP contribution in [0.3, 0.4) is 0 Å². The van der Waals surface area contributed by atoms with Crippen LogP contribution in [0.2, 0.25) is 0 Å². The van der Waals surface area contributed by atoms with Gasteiger partial charge in [-0.2, -0.15) is 4.31 Å². The highest BCUT2D eigenvalue weighted by molar-refractivity contribution is 7.89. The molecule has 1 heterocycles. The molecular formula is C27H45N3O5S. The lowest BCUT2D eigenvalue weighted by Crippen LogP contribution is -2.60. The molecule has 8 nitrogen and oxygen atoms in total. The lowest BCUT2D eigenvalue weighted by Gasteiger charge is -2.56. The van der Waals surface area contributed by atoms with Crippen LogP contribution in [0.25, 0.3) is 0 Å². The van der Waals surface area contributed by atoms with Crippen molar-refractivity contribution in [1.82, 2.24) is 14.1 Å². The van der Waals surface area contributed by atoms with E-state index in [9.17, 15) is 13.2 Å². The topological polar surface area (TPSA) is 79.4 Å². The summed E-state index contributed by atoms with van der Waals surface area (Å²) in [6.45, 7) is 14.2. The normalized spacial score (nSPS) is 22.2. The maximum Gasteiger partial charge on any atom is 0.248 e. The van der Waals surface area contributed by atoms with Gasteiger partial charge >= 0.3 is 0 Å². The predicted octanol–water partition coefficient (Wildman–Crippen LogP) is 3.16. The first kappa shape index (κ1) is 28.9. The number of rotatable bonds is 12. The lowest BCUT2D eigenvalue weighted by molar-refractivity contribution is -0.148. The monoisotopic (exact) mass is 523 g/mol. The van der Waals surface area contributed by atoms with E-state index in [1.807, 2.05) is 11.9 Å². The van der Waals surface area contributed by atoms with Crippen molar-refractivity contribution in [3.8, 4) is 5.75 Å². The van der Waals surface area contributed by atoms with Gasteiger partial charge in [-0.3, -0.25) is 4.79 Å². The first-order valence-electron chi connectivity index (χ1n) is 13.0. The average Bonchev–Trinajstić information content (AvgIpc) is 2.78. The second kappa shape index (κ2) is 11.4. The second-order valence-electron chi connectivity index (χ2n) is 11.4. The first-order valence-corrected chi connectivity index (χ1v) is 14.4. The summed E-state index contributed by atoms with van der Waals surface area (Å²) in [4.78, 5) is 17.4. The van der Waals surface area contributed by atoms with E-state index < -0.39 is 10.0 Å². The molecule has 36 heavy (non-hydrogen) atoms. The van der Waals surface area contributed by atoms with E-state index in [-0.39, 0.29) is 42.0 Å². The third-order valence-corrected chi connectivity index (χ3v) is 10.5. The number of carbonyl (C=O) groups is 1. The van der Waals surface area contributed by atoms with Crippen molar-refractivity contribution in [2.45, 2.75) is 58.4 Å². The quantitative estimate of drug-likeness (QED) is 0.392. The van der Waals surface area contributed by atoms with Gasteiger partial charge in [-0.15, -0.1) is 0 Å². The predicted molar refractivity (Wildman–Crippen MR) is 142 cm³/mol. The highest BCUT2D eigenvalue weighted by Crippen LogP contribution is 2.50. The number of hydrogen-bond donors (Lipinski definition) is 0. The van der Waals surface area contributed by atoms with Gasteiger partial charge in [0.15, 0.2) is 0 Å². The molecular weight excluding hydrogens is 478 g/mol. The number of hydrogen-bond acceptors (Lipinski definition) is 6. The van der Waals surface area contributed by atoms with Gasteiger partial charge in [0.1, 0.15) is 12.4 Å². The van der Waals surface area contributed by atoms with Gasteiger partial charge in [0.25, 0.3) is 0 Å². The largest absolute Gasteiger partial charge is 0.497 e. The van der Waals surface area contributed by atoms with Crippen molar-refractivity contribution in [3.63, 3.8) is 0 Å². The molecule has 204 valence electrons. The molecule has 1 aliphatic heterocycles. The zero-order valence-corrected chi connectivity index (χ0v) is 24.2. The fraction of sp³-hybridized carbons (Fsp3) is 0.741. The van der Waals surface area contributed by atoms with Gasteiger partial charge in [0.05, 0.1) is 18.6 Å². The van der Waals surface area contributed by atoms with Crippen molar-refractivity contribution in [2.75, 3.05) is 60.6 Å². The molecule has 2 aliphatic rings. The zero-order valence-electron chi connectivity index (χ0n) is 23.3. The van der Waals surface area contributed by atoms with E-state index in [1.54, 1.807) is 33.1 Å². The Hall–Kier alpha value is -1.68. The highest BCUT2D eigenvalue weighted by atomic mass is 32.2. The van der Waals surface area contributed by atoms with Crippen LogP contribution in [0.15, 0.2) is 17.0 Å². The number of likely N-dealkylation sites (N-methyl/N-ethyl adjacent to an activating group) is 2. The van der Waals surface area contributed by atoms with E-state index in [2.05, 4.69) is 25.7 Å². The molecule has 1 aromatic rings. The number of aryl methyl sites for hydroxylation is 2. The fourth-order valence-corrected chi connectivity index (χ4v) is 7.38. The van der Waals surface area contributed by atoms with Crippen LogP contribution in [0.1, 0.15) is 44.7 Å². The molecule has 1 aliphatic carbocycles. The Morgan fingerprint density at radius 1 is 1.17 bits per heavy atom. The highest BCUT2D eigenvalue weighted by Gasteiger charge is 2.50. The van der Waals surface area contributed by atoms with E-state index in [1.165, 1.54) is 30.9 Å². The maximum atomic E-state index is 13.1. The first-order chi connectivity index (χ1) is 16.8. The van der Waals surface area contributed by atoms with E-state index in [4.69, 9.17) is 9.47 Å². The minimum absolute atomic E-state index is 0.0477. The molecule has 1 amide bonds. The van der Waals surface area contributed by atoms with Crippen LogP contribution in [-0.2, 0) is 19.6 Å². The minimum atomic E-state index is -3.69. The number of nitrogens with zero attached hydrogens (tertiary/aromatic N) is 3. The molecule has 9 heteroatoms. The van der Waals surface area contributed by atoms with Gasteiger partial charge in [-0.25, -0.2) is 8.42 Å². The molecule has 3 rings (SSSR count). The summed E-state index contributed by atoms with van der Waals surface area (Å²) in [6.07, 6.45) is 2.21. The Morgan fingerprint density at radius 2 is 1.78 bits per heavy atom. The number of sulfonamides is 1. The van der Waals surface area contributed by atoms with Crippen LogP contribution in [0, 0.1) is 31.1 Å². The van der Waals surface area contributed by atoms with Gasteiger partial charge in [-0.1, -0.05) is 20.8 Å². The molecule has 0 N–H and O–H groups in total. The van der Waals surface area contributed by atoms with Gasteiger partial charge < -0.3 is 19.3 Å². The van der Waals surface area contributed by atoms with Crippen LogP contribution in [-0.4, -0.2) is 95.1 Å². The van der Waals surface area contributed by atoms with Gasteiger partial charge in [0.2, 0.25) is 15.9 Å². The van der Waals surface area contributed by atoms with Gasteiger partial charge in [0, 0.05) is 39.8 Å². The SMILES string of the molecule is COc1cc(C)c(S(=O)(=O)N(C)CCOCC(=O)N(C)[C@H]2CC(CCN3CC(C)C3)C2(C)C)c(C)c1. The molecule has 1 saturated heterocycles. The molecule has 1 unspecified atom stereocenters. The Labute approximate surface area is 218 Å². The molecule has 2 fully saturated rings. The summed E-state index contributed by atoms with van der Waals surface area (Å²) in [5.41, 5.74) is 1.36. The molecule has 1 saturated carbocycles. The van der Waals surface area contributed by atoms with Crippen LogP contribution in [0.5, 0.6) is 5.75 Å². The van der Waals surface area contributed by atoms with Gasteiger partial charge in [-0.05, 0) is 73.7 Å². The molecule has 0 aromatic heterocycles. The smallest absolute Gasteiger partial charge is 0.248 e. The Balaban J connectivity index is 1.44. The zero-order chi connectivity index (χ0) is 26.8. The molecule has 0 bridgehead atoms. The third-order valence-electron chi connectivity index (χ3n) is 8.33. The van der Waals surface area contributed by atoms with Crippen molar-refractivity contribution < 1.29 is 22.7 Å². The lowest BCUT2D eigenvalue weighted by atomic mass is 9.57. The van der Waals surface area contributed by atoms with Crippen LogP contribution < -0.4 is 4.74 Å². The minimum Gasteiger partial charge on any atom is -0.497 e. The van der Waals surface area contributed by atoms with Crippen LogP contribution >= 0.6 is 0 Å². The van der Waals surface area contributed by atoms with Crippen molar-refractivity contribution in [3.05, 3.63) is 23.3 Å². The van der Waals surface area contributed by atoms with Crippen molar-refractivity contribution in [2.24, 2.45) is 17.3 Å². The Bertz CT molecular complexity index is 1010. The number of amides is 1. The van der Waals surface area contributed by atoms with Crippen LogP contribution in [0.4, 0.5) is 0 Å². The molecule has 0 spiro atoms. The third kappa shape index (κ3) is 6.06. The summed E-state index contributed by atoms with van der Waals surface area (Å²) < 4.78 is 38.4. The van der Waals surface area contributed by atoms with Crippen molar-refractivity contribution in [1.29, 1.82) is 0 Å². The van der Waals surface area contributed by atoms with Crippen molar-refractivity contribution >= 4 is 15.9 Å². The summed E-state index contributed by atoms with van der Waals surface area (Å²) in [5.74, 6) is 2.02. The number of benzene rings is 1. The summed E-state index contributed by atoms with van der Waals surface area (Å²) in [6, 6.07) is 3.64. The summed E-state index contributed by atoms with van der Waals surface area (Å²) >= 11 is 0. The number of likely N-dealkylation sites (tertiary alicyclic amines) is 1. The average molecular weight is 524 g/mol. The number of carbonyl (C=O) groups excluding carboxylic acids is 1. The Morgan fingerprint density at radius 3 is 2.31 bits per heavy atom. The summed E-state index contributed by atoms with van der Waals surface area (Å²) in [7, 11) is 1.27. The second-order valence-corrected chi connectivity index (χ2v) is 13.4. The fourth-order valence-electron chi connectivity index (χ4n) is 5.82. The molecule has 1 aromatic carbocycles. The number of ether oxygens (including phenoxy) is 2. The summed E-state index contributed by atoms with van der Waals surface area (Å²) in [5, 5.41) is 0. The Kier molecular flexibility index (Phi) is 9.13. The number of methoxy groups -OCH3 is 1. The molecule has 2 atom stereocenters. The standard InChI is InChI=1S/C27H45N3O5S/c1-19-16-30(17-19)10-9-22-15-24(27(22,4)5)29(7)25(31)18-35-12-11-28(6)36(32,33)26-20(2)13-23(34-8)14-21(26)3/h13-14,19,22,24H,9-12,15-18H2,1-8H3/t22?,24-/m0/s1. The van der Waals surface area contributed by atoms with E-state index >= 15 is 0 Å². The van der Waals surface area contributed by atoms with E-state index in [0.717, 1.165) is 18.9 Å².